The summed E-state index contributed by atoms with van der Waals surface area (Å²) in [7, 11) is 0. The number of hydrogen-bond acceptors (Lipinski definition) is 1. The van der Waals surface area contributed by atoms with Gasteiger partial charge in [-0.2, -0.15) is 0 Å². The minimum atomic E-state index is -0.207. The molecule has 1 aliphatic carbocycles. The quantitative estimate of drug-likeness (QED) is 0.591. The Hall–Kier alpha value is -1.05. The number of ether oxygens (including phenoxy) is 1. The van der Waals surface area contributed by atoms with Crippen molar-refractivity contribution < 1.29 is 9.13 Å². The second-order valence-electron chi connectivity index (χ2n) is 6.12. The molecular weight excluding hydrogens is 251 g/mol. The van der Waals surface area contributed by atoms with Gasteiger partial charge in [0.15, 0.2) is 0 Å². The smallest absolute Gasteiger partial charge is 0.123 e. The Kier molecular flexibility index (Phi) is 6.35. The normalized spacial score (nSPS) is 22.7. The van der Waals surface area contributed by atoms with Crippen LogP contribution in [0.25, 0.3) is 0 Å². The summed E-state index contributed by atoms with van der Waals surface area (Å²) >= 11 is 0. The lowest BCUT2D eigenvalue weighted by Gasteiger charge is -2.28. The highest BCUT2D eigenvalue weighted by molar-refractivity contribution is 5.21. The predicted octanol–water partition coefficient (Wildman–Crippen LogP) is 5.59. The summed E-state index contributed by atoms with van der Waals surface area (Å²) in [6, 6.07) is 6.30. The zero-order chi connectivity index (χ0) is 14.2. The maximum atomic E-state index is 12.7. The van der Waals surface area contributed by atoms with Crippen molar-refractivity contribution in [1.82, 2.24) is 0 Å². The molecule has 0 saturated heterocycles. The van der Waals surface area contributed by atoms with Gasteiger partial charge in [-0.15, -0.1) is 0 Å². The number of halogens is 1. The Labute approximate surface area is 122 Å². The van der Waals surface area contributed by atoms with E-state index in [4.69, 9.17) is 4.74 Å². The van der Waals surface area contributed by atoms with Gasteiger partial charge in [-0.25, -0.2) is 4.39 Å². The minimum Gasteiger partial charge on any atom is -0.494 e. The molecule has 0 unspecified atom stereocenters. The summed E-state index contributed by atoms with van der Waals surface area (Å²) in [5, 5.41) is 0. The minimum absolute atomic E-state index is 0.207. The Balaban J connectivity index is 1.56. The summed E-state index contributed by atoms with van der Waals surface area (Å²) < 4.78 is 18.4. The van der Waals surface area contributed by atoms with Crippen molar-refractivity contribution in [1.29, 1.82) is 0 Å². The predicted molar refractivity (Wildman–Crippen MR) is 81.5 cm³/mol. The topological polar surface area (TPSA) is 9.23 Å². The first-order chi connectivity index (χ1) is 9.78. The lowest BCUT2D eigenvalue weighted by atomic mass is 9.78. The van der Waals surface area contributed by atoms with Crippen LogP contribution in [0, 0.1) is 17.7 Å². The summed E-state index contributed by atoms with van der Waals surface area (Å²) in [6.07, 6.45) is 10.8. The van der Waals surface area contributed by atoms with Crippen LogP contribution >= 0.6 is 0 Å². The Morgan fingerprint density at radius 1 is 1.00 bits per heavy atom. The second kappa shape index (κ2) is 8.28. The van der Waals surface area contributed by atoms with Crippen molar-refractivity contribution in [3.63, 3.8) is 0 Å². The van der Waals surface area contributed by atoms with Gasteiger partial charge in [0.25, 0.3) is 0 Å². The van der Waals surface area contributed by atoms with Gasteiger partial charge in [0.1, 0.15) is 11.6 Å². The summed E-state index contributed by atoms with van der Waals surface area (Å²) in [5.74, 6) is 2.46. The van der Waals surface area contributed by atoms with E-state index in [9.17, 15) is 4.39 Å². The molecule has 112 valence electrons. The molecule has 0 spiro atoms. The molecule has 0 bridgehead atoms. The van der Waals surface area contributed by atoms with Gasteiger partial charge >= 0.3 is 0 Å². The van der Waals surface area contributed by atoms with Gasteiger partial charge in [-0.05, 0) is 48.9 Å². The van der Waals surface area contributed by atoms with Crippen LogP contribution in [-0.2, 0) is 0 Å². The van der Waals surface area contributed by atoms with E-state index in [2.05, 4.69) is 6.92 Å². The van der Waals surface area contributed by atoms with Gasteiger partial charge in [0, 0.05) is 0 Å². The molecule has 1 nitrogen and oxygen atoms in total. The van der Waals surface area contributed by atoms with E-state index in [-0.39, 0.29) is 5.82 Å². The standard InChI is InChI=1S/C18H27FO/c1-2-4-15-6-8-16(9-7-15)5-3-14-20-18-12-10-17(19)11-13-18/h10-13,15-16H,2-9,14H2,1H3/t15-,16-. The zero-order valence-electron chi connectivity index (χ0n) is 12.6. The highest BCUT2D eigenvalue weighted by atomic mass is 19.1. The molecule has 1 aliphatic rings. The molecule has 0 atom stereocenters. The molecule has 0 radical (unpaired) electrons. The van der Waals surface area contributed by atoms with Crippen molar-refractivity contribution in [3.8, 4) is 5.75 Å². The van der Waals surface area contributed by atoms with Crippen LogP contribution < -0.4 is 4.74 Å². The third-order valence-electron chi connectivity index (χ3n) is 4.50. The van der Waals surface area contributed by atoms with Gasteiger partial charge in [0.2, 0.25) is 0 Å². The largest absolute Gasteiger partial charge is 0.494 e. The Morgan fingerprint density at radius 2 is 1.60 bits per heavy atom. The molecule has 0 heterocycles. The molecular formula is C18H27FO. The second-order valence-corrected chi connectivity index (χ2v) is 6.12. The van der Waals surface area contributed by atoms with Crippen molar-refractivity contribution >= 4 is 0 Å². The lowest BCUT2D eigenvalue weighted by molar-refractivity contribution is 0.230. The third-order valence-corrected chi connectivity index (χ3v) is 4.50. The van der Waals surface area contributed by atoms with E-state index in [1.54, 1.807) is 12.1 Å². The van der Waals surface area contributed by atoms with Gasteiger partial charge in [-0.1, -0.05) is 45.4 Å². The molecule has 1 aromatic carbocycles. The van der Waals surface area contributed by atoms with E-state index in [1.807, 2.05) is 0 Å². The zero-order valence-corrected chi connectivity index (χ0v) is 12.6. The van der Waals surface area contributed by atoms with Crippen LogP contribution in [0.2, 0.25) is 0 Å². The highest BCUT2D eigenvalue weighted by Gasteiger charge is 2.19. The first-order valence-electron chi connectivity index (χ1n) is 8.16. The Bertz CT molecular complexity index is 366. The van der Waals surface area contributed by atoms with Gasteiger partial charge in [0.05, 0.1) is 6.61 Å². The Morgan fingerprint density at radius 3 is 2.20 bits per heavy atom. The first kappa shape index (κ1) is 15.3. The number of hydrogen-bond donors (Lipinski definition) is 0. The number of benzene rings is 1. The van der Waals surface area contributed by atoms with Gasteiger partial charge in [-0.3, -0.25) is 0 Å². The molecule has 0 aliphatic heterocycles. The SMILES string of the molecule is CCC[C@H]1CC[C@H](CCCOc2ccc(F)cc2)CC1. The average molecular weight is 278 g/mol. The third kappa shape index (κ3) is 5.15. The van der Waals surface area contributed by atoms with E-state index < -0.39 is 0 Å². The molecule has 1 aromatic rings. The summed E-state index contributed by atoms with van der Waals surface area (Å²) in [4.78, 5) is 0. The van der Waals surface area contributed by atoms with E-state index in [0.29, 0.717) is 0 Å². The van der Waals surface area contributed by atoms with E-state index in [0.717, 1.165) is 30.6 Å². The van der Waals surface area contributed by atoms with Crippen LogP contribution in [0.4, 0.5) is 4.39 Å². The fraction of sp³-hybridized carbons (Fsp3) is 0.667. The fourth-order valence-electron chi connectivity index (χ4n) is 3.31. The van der Waals surface area contributed by atoms with Crippen LogP contribution in [0.3, 0.4) is 0 Å². The first-order valence-corrected chi connectivity index (χ1v) is 8.16. The molecule has 0 amide bonds. The highest BCUT2D eigenvalue weighted by Crippen LogP contribution is 2.33. The summed E-state index contributed by atoms with van der Waals surface area (Å²) in [6.45, 7) is 3.04. The fourth-order valence-corrected chi connectivity index (χ4v) is 3.31. The molecule has 0 N–H and O–H groups in total. The molecule has 2 rings (SSSR count). The molecule has 20 heavy (non-hydrogen) atoms. The molecule has 1 saturated carbocycles. The number of rotatable bonds is 7. The van der Waals surface area contributed by atoms with Crippen molar-refractivity contribution in [2.75, 3.05) is 6.61 Å². The van der Waals surface area contributed by atoms with Crippen molar-refractivity contribution in [2.24, 2.45) is 11.8 Å². The average Bonchev–Trinajstić information content (AvgIpc) is 2.47. The molecule has 0 aromatic heterocycles. The summed E-state index contributed by atoms with van der Waals surface area (Å²) in [5.41, 5.74) is 0. The molecule has 2 heteroatoms. The van der Waals surface area contributed by atoms with E-state index >= 15 is 0 Å². The lowest BCUT2D eigenvalue weighted by Crippen LogP contribution is -2.15. The molecule has 1 fully saturated rings. The van der Waals surface area contributed by atoms with Crippen LogP contribution in [-0.4, -0.2) is 6.61 Å². The van der Waals surface area contributed by atoms with Crippen LogP contribution in [0.15, 0.2) is 24.3 Å². The van der Waals surface area contributed by atoms with Crippen molar-refractivity contribution in [2.45, 2.75) is 58.3 Å². The van der Waals surface area contributed by atoms with Gasteiger partial charge < -0.3 is 4.74 Å². The monoisotopic (exact) mass is 278 g/mol. The van der Waals surface area contributed by atoms with Crippen LogP contribution in [0.5, 0.6) is 5.75 Å². The van der Waals surface area contributed by atoms with Crippen molar-refractivity contribution in [3.05, 3.63) is 30.1 Å². The van der Waals surface area contributed by atoms with Crippen LogP contribution in [0.1, 0.15) is 58.3 Å². The maximum absolute atomic E-state index is 12.7. The maximum Gasteiger partial charge on any atom is 0.123 e. The van der Waals surface area contributed by atoms with E-state index in [1.165, 1.54) is 57.1 Å².